The summed E-state index contributed by atoms with van der Waals surface area (Å²) in [7, 11) is 0. The number of carbonyl (C=O) groups is 4. The van der Waals surface area contributed by atoms with E-state index in [-0.39, 0.29) is 29.4 Å². The molecule has 3 aliphatic rings. The molecule has 1 saturated carbocycles. The third kappa shape index (κ3) is 5.25. The third-order valence-electron chi connectivity index (χ3n) is 5.37. The van der Waals surface area contributed by atoms with Crippen molar-refractivity contribution in [3.05, 3.63) is 0 Å². The molecule has 2 heterocycles. The summed E-state index contributed by atoms with van der Waals surface area (Å²) in [5.41, 5.74) is 0. The van der Waals surface area contributed by atoms with Gasteiger partial charge in [-0.05, 0) is 30.4 Å². The van der Waals surface area contributed by atoms with Crippen molar-refractivity contribution in [2.45, 2.75) is 55.4 Å². The molecule has 3 fully saturated rings. The van der Waals surface area contributed by atoms with Gasteiger partial charge in [0.05, 0.1) is 5.25 Å². The van der Waals surface area contributed by atoms with Gasteiger partial charge in [0.15, 0.2) is 0 Å². The second kappa shape index (κ2) is 9.26. The smallest absolute Gasteiger partial charge is 0.240 e. The summed E-state index contributed by atoms with van der Waals surface area (Å²) in [6.07, 6.45) is 5.33. The fourth-order valence-electron chi connectivity index (χ4n) is 4.02. The maximum absolute atomic E-state index is 11.9. The summed E-state index contributed by atoms with van der Waals surface area (Å²) in [5.74, 6) is 2.99. The number of hydrogen-bond donors (Lipinski definition) is 2. The van der Waals surface area contributed by atoms with E-state index in [4.69, 9.17) is 0 Å². The molecule has 3 rings (SSSR count). The Bertz CT molecular complexity index is 584. The fraction of sp³-hybridized carbons (Fsp3) is 0.778. The number of imide groups is 1. The number of unbranched alkanes of at least 4 members (excludes halogenated alkanes) is 1. The van der Waals surface area contributed by atoms with Gasteiger partial charge >= 0.3 is 0 Å². The molecular formula is C18H26N2O4S2. The van der Waals surface area contributed by atoms with Crippen LogP contribution in [0.25, 0.3) is 0 Å². The number of rotatable bonds is 9. The quantitative estimate of drug-likeness (QED) is 0.452. The molecule has 3 amide bonds. The van der Waals surface area contributed by atoms with Crippen LogP contribution in [0.3, 0.4) is 0 Å². The molecule has 26 heavy (non-hydrogen) atoms. The van der Waals surface area contributed by atoms with E-state index in [0.29, 0.717) is 41.6 Å². The molecule has 4 atom stereocenters. The lowest BCUT2D eigenvalue weighted by Gasteiger charge is -2.16. The van der Waals surface area contributed by atoms with Crippen molar-refractivity contribution in [1.82, 2.24) is 10.6 Å². The molecule has 0 spiro atoms. The van der Waals surface area contributed by atoms with Gasteiger partial charge in [0, 0.05) is 43.2 Å². The van der Waals surface area contributed by atoms with E-state index in [1.165, 1.54) is 11.8 Å². The Morgan fingerprint density at radius 3 is 2.81 bits per heavy atom. The molecule has 6 nitrogen and oxygen atoms in total. The Labute approximate surface area is 162 Å². The van der Waals surface area contributed by atoms with Gasteiger partial charge in [0.1, 0.15) is 5.78 Å². The largest absolute Gasteiger partial charge is 0.355 e. The summed E-state index contributed by atoms with van der Waals surface area (Å²) < 4.78 is 0. The zero-order valence-corrected chi connectivity index (χ0v) is 16.5. The molecule has 1 aliphatic carbocycles. The molecule has 2 N–H and O–H groups in total. The minimum atomic E-state index is -0.311. The van der Waals surface area contributed by atoms with Gasteiger partial charge in [-0.3, -0.25) is 24.5 Å². The van der Waals surface area contributed by atoms with E-state index in [0.717, 1.165) is 37.9 Å². The number of nitrogens with one attached hydrogen (secondary N) is 2. The highest BCUT2D eigenvalue weighted by Crippen LogP contribution is 2.47. The Hall–Kier alpha value is -1.02. The second-order valence-corrected chi connectivity index (χ2v) is 9.90. The van der Waals surface area contributed by atoms with E-state index >= 15 is 0 Å². The molecule has 8 heteroatoms. The molecule has 0 radical (unpaired) electrons. The van der Waals surface area contributed by atoms with Crippen LogP contribution < -0.4 is 10.6 Å². The lowest BCUT2D eigenvalue weighted by Crippen LogP contribution is -2.27. The number of hydrogen-bond acceptors (Lipinski definition) is 6. The third-order valence-corrected chi connectivity index (χ3v) is 8.23. The van der Waals surface area contributed by atoms with Gasteiger partial charge < -0.3 is 5.32 Å². The molecule has 2 saturated heterocycles. The molecule has 144 valence electrons. The first-order valence-electron chi connectivity index (χ1n) is 9.38. The first-order valence-corrected chi connectivity index (χ1v) is 11.5. The minimum absolute atomic E-state index is 0.0468. The predicted molar refractivity (Wildman–Crippen MR) is 103 cm³/mol. The zero-order valence-electron chi connectivity index (χ0n) is 14.8. The lowest BCUT2D eigenvalue weighted by atomic mass is 9.92. The van der Waals surface area contributed by atoms with Crippen molar-refractivity contribution >= 4 is 47.0 Å². The maximum Gasteiger partial charge on any atom is 0.240 e. The van der Waals surface area contributed by atoms with Crippen LogP contribution in [0.4, 0.5) is 0 Å². The lowest BCUT2D eigenvalue weighted by molar-refractivity contribution is -0.125. The molecular weight excluding hydrogens is 372 g/mol. The summed E-state index contributed by atoms with van der Waals surface area (Å²) in [5, 5.41) is 5.45. The van der Waals surface area contributed by atoms with Crippen molar-refractivity contribution in [2.24, 2.45) is 11.8 Å². The number of thioether (sulfide) groups is 2. The van der Waals surface area contributed by atoms with Crippen LogP contribution in [-0.4, -0.2) is 52.1 Å². The van der Waals surface area contributed by atoms with Crippen molar-refractivity contribution < 1.29 is 19.2 Å². The minimum Gasteiger partial charge on any atom is -0.355 e. The standard InChI is InChI=1S/C18H26N2O4S2/c21-12-7-11-10-26-14(13(11)8-12)3-1-2-4-16(22)19-5-6-25-15-9-17(23)20-18(15)24/h11,13-15H,1-10H2,(H,19,22)(H,20,23,24)/t11-,13-,14-,15?/m0/s1. The number of amides is 3. The monoisotopic (exact) mass is 398 g/mol. The van der Waals surface area contributed by atoms with Crippen molar-refractivity contribution in [3.63, 3.8) is 0 Å². The van der Waals surface area contributed by atoms with Crippen molar-refractivity contribution in [2.75, 3.05) is 18.1 Å². The highest BCUT2D eigenvalue weighted by molar-refractivity contribution is 8.00. The Kier molecular flexibility index (Phi) is 7.03. The van der Waals surface area contributed by atoms with E-state index in [1.54, 1.807) is 0 Å². The Morgan fingerprint density at radius 1 is 1.19 bits per heavy atom. The second-order valence-electron chi connectivity index (χ2n) is 7.31. The van der Waals surface area contributed by atoms with Gasteiger partial charge in [-0.25, -0.2) is 0 Å². The number of ketones is 1. The van der Waals surface area contributed by atoms with E-state index < -0.39 is 0 Å². The topological polar surface area (TPSA) is 92.3 Å². The average Bonchev–Trinajstić information content (AvgIpc) is 3.23. The van der Waals surface area contributed by atoms with Crippen molar-refractivity contribution in [1.29, 1.82) is 0 Å². The predicted octanol–water partition coefficient (Wildman–Crippen LogP) is 1.52. The van der Waals surface area contributed by atoms with E-state index in [1.807, 2.05) is 11.8 Å². The van der Waals surface area contributed by atoms with Gasteiger partial charge in [-0.15, -0.1) is 11.8 Å². The number of fused-ring (bicyclic) bond motifs is 1. The van der Waals surface area contributed by atoms with Gasteiger partial charge in [0.25, 0.3) is 0 Å². The van der Waals surface area contributed by atoms with Crippen LogP contribution in [0.5, 0.6) is 0 Å². The number of Topliss-reactive ketones (excluding diaryl/α,β-unsaturated/α-hetero) is 1. The molecule has 0 aromatic heterocycles. The Balaban J connectivity index is 1.21. The van der Waals surface area contributed by atoms with Crippen molar-refractivity contribution in [3.8, 4) is 0 Å². The molecule has 2 aliphatic heterocycles. The number of carbonyl (C=O) groups excluding carboxylic acids is 4. The van der Waals surface area contributed by atoms with Crippen LogP contribution in [0, 0.1) is 11.8 Å². The normalized spacial score (nSPS) is 30.5. The SMILES string of the molecule is O=C1C[C@H]2CS[C@@H](CCCCC(=O)NCCSC3CC(=O)NC3=O)[C@H]2C1. The first kappa shape index (κ1) is 19.7. The highest BCUT2D eigenvalue weighted by Gasteiger charge is 2.42. The first-order chi connectivity index (χ1) is 12.5. The summed E-state index contributed by atoms with van der Waals surface area (Å²) >= 11 is 3.43. The average molecular weight is 399 g/mol. The maximum atomic E-state index is 11.9. The summed E-state index contributed by atoms with van der Waals surface area (Å²) in [4.78, 5) is 45.9. The molecule has 1 unspecified atom stereocenters. The fourth-order valence-corrected chi connectivity index (χ4v) is 6.76. The van der Waals surface area contributed by atoms with Crippen LogP contribution in [0.2, 0.25) is 0 Å². The van der Waals surface area contributed by atoms with E-state index in [2.05, 4.69) is 10.6 Å². The van der Waals surface area contributed by atoms with Gasteiger partial charge in [-0.2, -0.15) is 11.8 Å². The van der Waals surface area contributed by atoms with Crippen LogP contribution in [0.1, 0.15) is 44.9 Å². The molecule has 0 bridgehead atoms. The highest BCUT2D eigenvalue weighted by atomic mass is 32.2. The van der Waals surface area contributed by atoms with Crippen LogP contribution >= 0.6 is 23.5 Å². The molecule has 0 aromatic carbocycles. The summed E-state index contributed by atoms with van der Waals surface area (Å²) in [6.45, 7) is 0.520. The summed E-state index contributed by atoms with van der Waals surface area (Å²) in [6, 6.07) is 0. The van der Waals surface area contributed by atoms with Crippen LogP contribution in [-0.2, 0) is 19.2 Å². The Morgan fingerprint density at radius 2 is 2.04 bits per heavy atom. The van der Waals surface area contributed by atoms with Crippen LogP contribution in [0.15, 0.2) is 0 Å². The molecule has 0 aromatic rings. The van der Waals surface area contributed by atoms with Gasteiger partial charge in [-0.1, -0.05) is 6.42 Å². The zero-order chi connectivity index (χ0) is 18.5. The van der Waals surface area contributed by atoms with Gasteiger partial charge in [0.2, 0.25) is 17.7 Å². The van der Waals surface area contributed by atoms with E-state index in [9.17, 15) is 19.2 Å².